The third kappa shape index (κ3) is 2.51. The number of carbonyl (C=O) groups excluding carboxylic acids is 1. The molecule has 20 heavy (non-hydrogen) atoms. The molecule has 0 fully saturated rings. The molecule has 3 aromatic rings. The molecule has 0 radical (unpaired) electrons. The van der Waals surface area contributed by atoms with Crippen molar-refractivity contribution in [1.29, 1.82) is 0 Å². The molecule has 0 spiro atoms. The summed E-state index contributed by atoms with van der Waals surface area (Å²) < 4.78 is 0. The molecule has 4 nitrogen and oxygen atoms in total. The second kappa shape index (κ2) is 5.35. The van der Waals surface area contributed by atoms with Crippen LogP contribution in [0.15, 0.2) is 48.7 Å². The van der Waals surface area contributed by atoms with Gasteiger partial charge in [0.05, 0.1) is 11.7 Å². The normalized spacial score (nSPS) is 10.7. The molecule has 3 rings (SSSR count). The third-order valence-corrected chi connectivity index (χ3v) is 3.47. The van der Waals surface area contributed by atoms with Crippen molar-refractivity contribution in [2.45, 2.75) is 6.54 Å². The predicted molar refractivity (Wildman–Crippen MR) is 78.7 cm³/mol. The van der Waals surface area contributed by atoms with Crippen molar-refractivity contribution in [1.82, 2.24) is 15.5 Å². The van der Waals surface area contributed by atoms with E-state index < -0.39 is 0 Å². The zero-order valence-electron chi connectivity index (χ0n) is 10.6. The molecule has 100 valence electrons. The highest BCUT2D eigenvalue weighted by atomic mass is 35.5. The summed E-state index contributed by atoms with van der Waals surface area (Å²) >= 11 is 6.05. The van der Waals surface area contributed by atoms with Crippen molar-refractivity contribution < 1.29 is 4.79 Å². The molecule has 5 heteroatoms. The highest BCUT2D eigenvalue weighted by Crippen LogP contribution is 2.15. The highest BCUT2D eigenvalue weighted by Gasteiger charge is 2.08. The first-order valence-electron chi connectivity index (χ1n) is 6.19. The lowest BCUT2D eigenvalue weighted by atomic mass is 10.1. The number of nitrogens with zero attached hydrogens (tertiary/aromatic N) is 1. The van der Waals surface area contributed by atoms with Gasteiger partial charge in [-0.05, 0) is 23.8 Å². The Labute approximate surface area is 120 Å². The number of H-pyrrole nitrogens is 1. The van der Waals surface area contributed by atoms with Crippen LogP contribution in [-0.4, -0.2) is 16.1 Å². The van der Waals surface area contributed by atoms with Crippen LogP contribution in [-0.2, 0) is 6.54 Å². The molecule has 1 amide bonds. The van der Waals surface area contributed by atoms with Crippen LogP contribution in [0.25, 0.3) is 10.9 Å². The summed E-state index contributed by atoms with van der Waals surface area (Å²) in [5.74, 6) is -0.138. The van der Waals surface area contributed by atoms with Crippen molar-refractivity contribution in [2.75, 3.05) is 0 Å². The minimum Gasteiger partial charge on any atom is -0.348 e. The largest absolute Gasteiger partial charge is 0.348 e. The van der Waals surface area contributed by atoms with Crippen LogP contribution >= 0.6 is 11.6 Å². The molecule has 0 saturated heterocycles. The lowest BCUT2D eigenvalue weighted by Crippen LogP contribution is -2.22. The number of halogens is 1. The number of aromatic amines is 1. The molecular formula is C15H12ClN3O. The fourth-order valence-corrected chi connectivity index (χ4v) is 2.20. The minimum absolute atomic E-state index is 0.138. The van der Waals surface area contributed by atoms with Crippen molar-refractivity contribution >= 4 is 28.4 Å². The van der Waals surface area contributed by atoms with Crippen LogP contribution in [0.5, 0.6) is 0 Å². The predicted octanol–water partition coefficient (Wildman–Crippen LogP) is 3.15. The van der Waals surface area contributed by atoms with Crippen LogP contribution in [0.2, 0.25) is 5.02 Å². The van der Waals surface area contributed by atoms with Crippen LogP contribution in [0.1, 0.15) is 15.9 Å². The SMILES string of the molecule is O=C(NCc1ccccc1Cl)c1ccc2cn[nH]c2c1. The maximum absolute atomic E-state index is 12.1. The van der Waals surface area contributed by atoms with Gasteiger partial charge >= 0.3 is 0 Å². The quantitative estimate of drug-likeness (QED) is 0.777. The number of rotatable bonds is 3. The van der Waals surface area contributed by atoms with E-state index in [4.69, 9.17) is 11.6 Å². The van der Waals surface area contributed by atoms with Crippen molar-refractivity contribution in [3.05, 3.63) is 64.8 Å². The monoisotopic (exact) mass is 285 g/mol. The maximum atomic E-state index is 12.1. The Hall–Kier alpha value is -2.33. The van der Waals surface area contributed by atoms with Gasteiger partial charge in [-0.25, -0.2) is 0 Å². The molecular weight excluding hydrogens is 274 g/mol. The van der Waals surface area contributed by atoms with Gasteiger partial charge in [-0.1, -0.05) is 35.9 Å². The third-order valence-electron chi connectivity index (χ3n) is 3.10. The standard InChI is InChI=1S/C15H12ClN3O/c16-13-4-2-1-3-11(13)8-17-15(20)10-5-6-12-9-18-19-14(12)7-10/h1-7,9H,8H2,(H,17,20)(H,18,19). The molecule has 2 aromatic carbocycles. The molecule has 0 aliphatic carbocycles. The molecule has 0 unspecified atom stereocenters. The molecule has 0 aliphatic heterocycles. The van der Waals surface area contributed by atoms with Crippen molar-refractivity contribution in [2.24, 2.45) is 0 Å². The van der Waals surface area contributed by atoms with E-state index in [0.29, 0.717) is 17.1 Å². The molecule has 1 aromatic heterocycles. The van der Waals surface area contributed by atoms with Gasteiger partial charge in [0.25, 0.3) is 5.91 Å². The fraction of sp³-hybridized carbons (Fsp3) is 0.0667. The summed E-state index contributed by atoms with van der Waals surface area (Å²) in [4.78, 5) is 12.1. The number of benzene rings is 2. The number of carbonyl (C=O) groups is 1. The summed E-state index contributed by atoms with van der Waals surface area (Å²) in [7, 11) is 0. The van der Waals surface area contributed by atoms with Gasteiger partial charge in [-0.3, -0.25) is 9.89 Å². The van der Waals surface area contributed by atoms with Gasteiger partial charge in [-0.15, -0.1) is 0 Å². The van der Waals surface area contributed by atoms with Crippen LogP contribution in [0, 0.1) is 0 Å². The first-order valence-corrected chi connectivity index (χ1v) is 6.56. The lowest BCUT2D eigenvalue weighted by molar-refractivity contribution is 0.0951. The molecule has 0 saturated carbocycles. The van der Waals surface area contributed by atoms with Crippen LogP contribution in [0.4, 0.5) is 0 Å². The Morgan fingerprint density at radius 1 is 1.25 bits per heavy atom. The number of hydrogen-bond acceptors (Lipinski definition) is 2. The first kappa shape index (κ1) is 12.7. The Kier molecular flexibility index (Phi) is 3.39. The Morgan fingerprint density at radius 2 is 2.10 bits per heavy atom. The van der Waals surface area contributed by atoms with Crippen LogP contribution in [0.3, 0.4) is 0 Å². The van der Waals surface area contributed by atoms with E-state index in [1.165, 1.54) is 0 Å². The minimum atomic E-state index is -0.138. The summed E-state index contributed by atoms with van der Waals surface area (Å²) in [5.41, 5.74) is 2.33. The highest BCUT2D eigenvalue weighted by molar-refractivity contribution is 6.31. The van der Waals surface area contributed by atoms with E-state index in [0.717, 1.165) is 16.5 Å². The maximum Gasteiger partial charge on any atom is 0.251 e. The van der Waals surface area contributed by atoms with Gasteiger partial charge in [-0.2, -0.15) is 5.10 Å². The van der Waals surface area contributed by atoms with Crippen molar-refractivity contribution in [3.8, 4) is 0 Å². The van der Waals surface area contributed by atoms with E-state index in [-0.39, 0.29) is 5.91 Å². The number of nitrogens with one attached hydrogen (secondary N) is 2. The average molecular weight is 286 g/mol. The van der Waals surface area contributed by atoms with Gasteiger partial charge in [0.1, 0.15) is 0 Å². The Bertz CT molecular complexity index is 766. The molecule has 2 N–H and O–H groups in total. The summed E-state index contributed by atoms with van der Waals surface area (Å²) in [6.07, 6.45) is 1.72. The van der Waals surface area contributed by atoms with Crippen molar-refractivity contribution in [3.63, 3.8) is 0 Å². The number of aromatic nitrogens is 2. The molecule has 0 bridgehead atoms. The first-order chi connectivity index (χ1) is 9.74. The molecule has 0 aliphatic rings. The Balaban J connectivity index is 1.74. The van der Waals surface area contributed by atoms with E-state index in [9.17, 15) is 4.79 Å². The van der Waals surface area contributed by atoms with Gasteiger partial charge in [0, 0.05) is 22.5 Å². The second-order valence-electron chi connectivity index (χ2n) is 4.45. The average Bonchev–Trinajstić information content (AvgIpc) is 2.93. The second-order valence-corrected chi connectivity index (χ2v) is 4.85. The summed E-state index contributed by atoms with van der Waals surface area (Å²) in [6.45, 7) is 0.402. The van der Waals surface area contributed by atoms with E-state index in [1.807, 2.05) is 24.3 Å². The number of fused-ring (bicyclic) bond motifs is 1. The Morgan fingerprint density at radius 3 is 2.95 bits per heavy atom. The summed E-state index contributed by atoms with van der Waals surface area (Å²) in [6, 6.07) is 12.9. The summed E-state index contributed by atoms with van der Waals surface area (Å²) in [5, 5.41) is 11.3. The van der Waals surface area contributed by atoms with E-state index in [2.05, 4.69) is 15.5 Å². The van der Waals surface area contributed by atoms with Gasteiger partial charge in [0.15, 0.2) is 0 Å². The topological polar surface area (TPSA) is 57.8 Å². The fourth-order valence-electron chi connectivity index (χ4n) is 2.00. The number of hydrogen-bond donors (Lipinski definition) is 2. The van der Waals surface area contributed by atoms with Gasteiger partial charge in [0.2, 0.25) is 0 Å². The molecule has 1 heterocycles. The zero-order valence-corrected chi connectivity index (χ0v) is 11.3. The van der Waals surface area contributed by atoms with E-state index in [1.54, 1.807) is 24.4 Å². The lowest BCUT2D eigenvalue weighted by Gasteiger charge is -2.07. The van der Waals surface area contributed by atoms with Gasteiger partial charge < -0.3 is 5.32 Å². The zero-order chi connectivity index (χ0) is 13.9. The molecule has 0 atom stereocenters. The number of amides is 1. The van der Waals surface area contributed by atoms with Crippen LogP contribution < -0.4 is 5.32 Å². The van der Waals surface area contributed by atoms with E-state index >= 15 is 0 Å². The smallest absolute Gasteiger partial charge is 0.251 e.